The summed E-state index contributed by atoms with van der Waals surface area (Å²) in [6.45, 7) is 2.42. The van der Waals surface area contributed by atoms with Crippen LogP contribution < -0.4 is 10.6 Å². The molecule has 0 aliphatic carbocycles. The van der Waals surface area contributed by atoms with E-state index in [1.807, 2.05) is 38.2 Å². The third-order valence-corrected chi connectivity index (χ3v) is 3.81. The van der Waals surface area contributed by atoms with E-state index in [-0.39, 0.29) is 0 Å². The first-order chi connectivity index (χ1) is 9.63. The third-order valence-electron chi connectivity index (χ3n) is 2.76. The molecule has 2 rings (SSSR count). The number of halogens is 1. The van der Waals surface area contributed by atoms with Crippen molar-refractivity contribution in [2.45, 2.75) is 13.5 Å². The van der Waals surface area contributed by atoms with Crippen molar-refractivity contribution in [2.75, 3.05) is 24.8 Å². The van der Waals surface area contributed by atoms with E-state index in [0.29, 0.717) is 12.4 Å². The number of benzene rings is 1. The van der Waals surface area contributed by atoms with Crippen LogP contribution in [0.4, 0.5) is 17.3 Å². The Labute approximate surface area is 126 Å². The first kappa shape index (κ1) is 14.7. The Kier molecular flexibility index (Phi) is 4.92. The van der Waals surface area contributed by atoms with Crippen LogP contribution in [0.2, 0.25) is 0 Å². The van der Waals surface area contributed by atoms with Crippen molar-refractivity contribution in [1.29, 1.82) is 0 Å². The van der Waals surface area contributed by atoms with Crippen LogP contribution in [-0.2, 0) is 11.3 Å². The van der Waals surface area contributed by atoms with Crippen molar-refractivity contribution in [3.8, 4) is 0 Å². The molecule has 1 aromatic carbocycles. The Hall–Kier alpha value is -1.66. The van der Waals surface area contributed by atoms with E-state index in [0.717, 1.165) is 27.4 Å². The number of aryl methyl sites for hydroxylation is 1. The van der Waals surface area contributed by atoms with E-state index in [2.05, 4.69) is 36.5 Å². The maximum Gasteiger partial charge on any atom is 0.158 e. The van der Waals surface area contributed by atoms with Crippen molar-refractivity contribution in [1.82, 2.24) is 9.97 Å². The highest BCUT2D eigenvalue weighted by molar-refractivity contribution is 9.10. The molecule has 0 aliphatic rings. The molecule has 0 bridgehead atoms. The highest BCUT2D eigenvalue weighted by Gasteiger charge is 2.07. The number of aromatic nitrogens is 2. The number of nitrogens with zero attached hydrogens (tertiary/aromatic N) is 2. The van der Waals surface area contributed by atoms with E-state index in [9.17, 15) is 0 Å². The molecule has 5 nitrogen and oxygen atoms in total. The van der Waals surface area contributed by atoms with Crippen molar-refractivity contribution >= 4 is 33.3 Å². The molecule has 106 valence electrons. The van der Waals surface area contributed by atoms with Gasteiger partial charge >= 0.3 is 0 Å². The molecular formula is C14H17BrN4O. The zero-order valence-corrected chi connectivity index (χ0v) is 13.3. The van der Waals surface area contributed by atoms with Crippen LogP contribution in [-0.4, -0.2) is 24.1 Å². The van der Waals surface area contributed by atoms with Crippen molar-refractivity contribution in [2.24, 2.45) is 0 Å². The minimum absolute atomic E-state index is 0.374. The largest absolute Gasteiger partial charge is 0.377 e. The zero-order valence-electron chi connectivity index (χ0n) is 11.7. The molecule has 0 unspecified atom stereocenters. The Morgan fingerprint density at radius 1 is 1.25 bits per heavy atom. The van der Waals surface area contributed by atoms with Crippen LogP contribution in [0.5, 0.6) is 0 Å². The van der Waals surface area contributed by atoms with Crippen LogP contribution in [0.1, 0.15) is 11.4 Å². The normalized spacial score (nSPS) is 10.4. The van der Waals surface area contributed by atoms with Gasteiger partial charge in [-0.15, -0.1) is 0 Å². The zero-order chi connectivity index (χ0) is 14.5. The fraction of sp³-hybridized carbons (Fsp3) is 0.286. The van der Waals surface area contributed by atoms with Gasteiger partial charge in [-0.1, -0.05) is 12.1 Å². The van der Waals surface area contributed by atoms with Gasteiger partial charge in [0.15, 0.2) is 5.82 Å². The second kappa shape index (κ2) is 6.67. The average molecular weight is 337 g/mol. The number of ether oxygens (including phenoxy) is 1. The minimum Gasteiger partial charge on any atom is -0.377 e. The van der Waals surface area contributed by atoms with Gasteiger partial charge in [0.25, 0.3) is 0 Å². The summed E-state index contributed by atoms with van der Waals surface area (Å²) in [5, 5.41) is 6.31. The highest BCUT2D eigenvalue weighted by atomic mass is 79.9. The number of nitrogens with one attached hydrogen (secondary N) is 2. The Bertz CT molecular complexity index is 604. The molecule has 1 aromatic heterocycles. The molecule has 0 aliphatic heterocycles. The number of rotatable bonds is 5. The SMILES string of the molecule is CNc1cc(Nc2cccc(C)c2Br)nc(COC)n1. The second-order valence-electron chi connectivity index (χ2n) is 4.30. The summed E-state index contributed by atoms with van der Waals surface area (Å²) < 4.78 is 6.11. The first-order valence-electron chi connectivity index (χ1n) is 6.21. The lowest BCUT2D eigenvalue weighted by atomic mass is 10.2. The van der Waals surface area contributed by atoms with Gasteiger partial charge in [0, 0.05) is 24.7 Å². The van der Waals surface area contributed by atoms with Crippen LogP contribution >= 0.6 is 15.9 Å². The molecule has 0 saturated carbocycles. The van der Waals surface area contributed by atoms with Crippen LogP contribution in [0.25, 0.3) is 0 Å². The fourth-order valence-corrected chi connectivity index (χ4v) is 2.13. The second-order valence-corrected chi connectivity index (χ2v) is 5.09. The number of methoxy groups -OCH3 is 1. The first-order valence-corrected chi connectivity index (χ1v) is 7.00. The molecule has 0 spiro atoms. The summed E-state index contributed by atoms with van der Waals surface area (Å²) in [7, 11) is 3.45. The van der Waals surface area contributed by atoms with Gasteiger partial charge < -0.3 is 15.4 Å². The van der Waals surface area contributed by atoms with Crippen LogP contribution in [0.3, 0.4) is 0 Å². The van der Waals surface area contributed by atoms with E-state index in [4.69, 9.17) is 4.74 Å². The smallest absolute Gasteiger partial charge is 0.158 e. The standard InChI is InChI=1S/C14H17BrN4O/c1-9-5-4-6-10(14(9)15)17-12-7-11(16-2)18-13(19-12)8-20-3/h4-7H,8H2,1-3H3,(H2,16,17,18,19). The lowest BCUT2D eigenvalue weighted by molar-refractivity contribution is 0.178. The maximum absolute atomic E-state index is 5.09. The van der Waals surface area contributed by atoms with Gasteiger partial charge in [-0.05, 0) is 34.5 Å². The Balaban J connectivity index is 2.32. The average Bonchev–Trinajstić information content (AvgIpc) is 2.44. The maximum atomic E-state index is 5.09. The monoisotopic (exact) mass is 336 g/mol. The predicted molar refractivity (Wildman–Crippen MR) is 84.5 cm³/mol. The van der Waals surface area contributed by atoms with Gasteiger partial charge in [0.2, 0.25) is 0 Å². The van der Waals surface area contributed by atoms with Crippen molar-refractivity contribution < 1.29 is 4.74 Å². The molecule has 6 heteroatoms. The summed E-state index contributed by atoms with van der Waals surface area (Å²) in [5.74, 6) is 2.10. The quantitative estimate of drug-likeness (QED) is 0.875. The van der Waals surface area contributed by atoms with E-state index >= 15 is 0 Å². The van der Waals surface area contributed by atoms with Gasteiger partial charge in [-0.3, -0.25) is 0 Å². The van der Waals surface area contributed by atoms with Crippen LogP contribution in [0.15, 0.2) is 28.7 Å². The third kappa shape index (κ3) is 3.46. The molecule has 0 amide bonds. The molecule has 0 atom stereocenters. The number of hydrogen-bond acceptors (Lipinski definition) is 5. The molecule has 1 heterocycles. The van der Waals surface area contributed by atoms with Gasteiger partial charge in [0.05, 0.1) is 5.69 Å². The van der Waals surface area contributed by atoms with Gasteiger partial charge in [-0.2, -0.15) is 0 Å². The van der Waals surface area contributed by atoms with E-state index in [1.54, 1.807) is 7.11 Å². The molecule has 2 aromatic rings. The van der Waals surface area contributed by atoms with E-state index < -0.39 is 0 Å². The Morgan fingerprint density at radius 3 is 2.70 bits per heavy atom. The summed E-state index contributed by atoms with van der Waals surface area (Å²) in [6.07, 6.45) is 0. The predicted octanol–water partition coefficient (Wildman–Crippen LogP) is 3.48. The van der Waals surface area contributed by atoms with Crippen LogP contribution in [0, 0.1) is 6.92 Å². The molecule has 0 saturated heterocycles. The summed E-state index contributed by atoms with van der Waals surface area (Å²) in [6, 6.07) is 7.89. The molecule has 2 N–H and O–H groups in total. The van der Waals surface area contributed by atoms with Gasteiger partial charge in [0.1, 0.15) is 18.2 Å². The van der Waals surface area contributed by atoms with Gasteiger partial charge in [-0.25, -0.2) is 9.97 Å². The van der Waals surface area contributed by atoms with Crippen molar-refractivity contribution in [3.05, 3.63) is 40.1 Å². The summed E-state index contributed by atoms with van der Waals surface area (Å²) in [5.41, 5.74) is 2.13. The Morgan fingerprint density at radius 2 is 2.00 bits per heavy atom. The van der Waals surface area contributed by atoms with Crippen molar-refractivity contribution in [3.63, 3.8) is 0 Å². The molecule has 20 heavy (non-hydrogen) atoms. The summed E-state index contributed by atoms with van der Waals surface area (Å²) >= 11 is 3.58. The lowest BCUT2D eigenvalue weighted by Gasteiger charge is -2.12. The number of anilines is 3. The topological polar surface area (TPSA) is 59.1 Å². The fourth-order valence-electron chi connectivity index (χ4n) is 1.76. The molecule has 0 fully saturated rings. The molecule has 0 radical (unpaired) electrons. The highest BCUT2D eigenvalue weighted by Crippen LogP contribution is 2.28. The molecular weight excluding hydrogens is 320 g/mol. The lowest BCUT2D eigenvalue weighted by Crippen LogP contribution is -2.05. The number of hydrogen-bond donors (Lipinski definition) is 2. The summed E-state index contributed by atoms with van der Waals surface area (Å²) in [4.78, 5) is 8.75. The minimum atomic E-state index is 0.374. The van der Waals surface area contributed by atoms with E-state index in [1.165, 1.54) is 0 Å².